The van der Waals surface area contributed by atoms with Crippen LogP contribution < -0.4 is 6.15 Å². The Morgan fingerprint density at radius 2 is 0.607 bits per heavy atom. The molecule has 0 heterocycles. The van der Waals surface area contributed by atoms with Crippen molar-refractivity contribution in [3.63, 3.8) is 0 Å². The standard InChI is InChI=1S/C25H55P.HI.H3N/c1-5-8-11-14-17-20-23-26(4,24-21-18-15-12-9-6-2)25-22-19-16-13-10-7-3;;/h26H,5-25H2,1-4H3;1H;1H3. The molecule has 0 aliphatic rings. The smallest absolute Gasteiger partial charge is 0.107 e. The molecule has 0 spiro atoms. The van der Waals surface area contributed by atoms with E-state index in [0.717, 1.165) is 0 Å². The van der Waals surface area contributed by atoms with Gasteiger partial charge in [0.2, 0.25) is 0 Å². The summed E-state index contributed by atoms with van der Waals surface area (Å²) >= 11 is 0. The van der Waals surface area contributed by atoms with Crippen LogP contribution in [0.4, 0.5) is 0 Å². The zero-order valence-corrected chi connectivity index (χ0v) is 23.8. The molecule has 3 N–H and O–H groups in total. The Bertz CT molecular complexity index is 232. The molecule has 0 aromatic carbocycles. The first-order chi connectivity index (χ1) is 12.7. The van der Waals surface area contributed by atoms with Crippen LogP contribution in [0.3, 0.4) is 0 Å². The third-order valence-electron chi connectivity index (χ3n) is 6.40. The van der Waals surface area contributed by atoms with E-state index in [0.29, 0.717) is 0 Å². The van der Waals surface area contributed by atoms with Gasteiger partial charge in [0.05, 0.1) is 0 Å². The molecular weight excluding hydrogens is 472 g/mol. The Morgan fingerprint density at radius 3 is 0.857 bits per heavy atom. The third kappa shape index (κ3) is 23.4. The van der Waals surface area contributed by atoms with Crippen LogP contribution in [0.25, 0.3) is 0 Å². The zero-order chi connectivity index (χ0) is 19.3. The maximum absolute atomic E-state index is 2.76. The third-order valence-corrected chi connectivity index (χ3v) is 11.1. The average molecular weight is 532 g/mol. The van der Waals surface area contributed by atoms with Gasteiger partial charge in [0.15, 0.2) is 0 Å². The van der Waals surface area contributed by atoms with Gasteiger partial charge in [-0.25, -0.2) is 0 Å². The van der Waals surface area contributed by atoms with E-state index in [1.165, 1.54) is 116 Å². The molecule has 0 fully saturated rings. The van der Waals surface area contributed by atoms with Crippen molar-refractivity contribution < 1.29 is 0 Å². The average Bonchev–Trinajstić information content (AvgIpc) is 2.64. The van der Waals surface area contributed by atoms with E-state index in [1.54, 1.807) is 18.5 Å². The molecule has 0 aromatic rings. The summed E-state index contributed by atoms with van der Waals surface area (Å²) in [5.74, 6) is 0. The first-order valence-corrected chi connectivity index (χ1v) is 15.8. The number of rotatable bonds is 21. The van der Waals surface area contributed by atoms with Gasteiger partial charge in [0.1, 0.15) is 0 Å². The van der Waals surface area contributed by atoms with Gasteiger partial charge in [-0.3, -0.25) is 0 Å². The second-order valence-electron chi connectivity index (χ2n) is 9.36. The van der Waals surface area contributed by atoms with E-state index in [4.69, 9.17) is 0 Å². The number of hydrogen-bond donors (Lipinski definition) is 1. The van der Waals surface area contributed by atoms with Crippen LogP contribution in [-0.4, -0.2) is 25.2 Å². The van der Waals surface area contributed by atoms with Gasteiger partial charge in [-0.15, -0.1) is 24.0 Å². The molecule has 0 saturated heterocycles. The molecule has 0 unspecified atom stereocenters. The van der Waals surface area contributed by atoms with Crippen molar-refractivity contribution in [2.24, 2.45) is 0 Å². The molecule has 3 heteroatoms. The topological polar surface area (TPSA) is 35.0 Å². The van der Waals surface area contributed by atoms with Gasteiger partial charge in [-0.2, -0.15) is 0 Å². The molecule has 0 aliphatic carbocycles. The Hall–Kier alpha value is 1.12. The molecule has 0 rings (SSSR count). The first-order valence-electron chi connectivity index (χ1n) is 12.7. The van der Waals surface area contributed by atoms with E-state index < -0.39 is 7.26 Å². The molecule has 0 aliphatic heterocycles. The summed E-state index contributed by atoms with van der Waals surface area (Å²) in [6, 6.07) is 0. The minimum atomic E-state index is -0.955. The molecule has 0 saturated carbocycles. The molecule has 0 amide bonds. The summed E-state index contributed by atoms with van der Waals surface area (Å²) < 4.78 is 0. The van der Waals surface area contributed by atoms with Crippen LogP contribution in [0, 0.1) is 0 Å². The summed E-state index contributed by atoms with van der Waals surface area (Å²) in [4.78, 5) is 0. The van der Waals surface area contributed by atoms with Crippen LogP contribution >= 0.6 is 31.2 Å². The number of hydrogen-bond acceptors (Lipinski definition) is 1. The molecule has 0 atom stereocenters. The first kappa shape index (κ1) is 33.8. The van der Waals surface area contributed by atoms with Crippen LogP contribution in [0.2, 0.25) is 0 Å². The van der Waals surface area contributed by atoms with Crippen molar-refractivity contribution in [1.82, 2.24) is 6.15 Å². The van der Waals surface area contributed by atoms with E-state index in [9.17, 15) is 0 Å². The monoisotopic (exact) mass is 531 g/mol. The Labute approximate surface area is 198 Å². The number of unbranched alkanes of at least 4 members (excludes halogenated alkanes) is 15. The SMILES string of the molecule is CCCCCCCC[PH](C)(CCCCCCCC)CCCCCCCC.I.N. The van der Waals surface area contributed by atoms with E-state index in [2.05, 4.69) is 27.4 Å². The fourth-order valence-electron chi connectivity index (χ4n) is 4.37. The Kier molecular flexibility index (Phi) is 31.5. The molecule has 0 aromatic heterocycles. The largest absolute Gasteiger partial charge is 0.344 e. The van der Waals surface area contributed by atoms with Crippen LogP contribution in [0.5, 0.6) is 0 Å². The van der Waals surface area contributed by atoms with Crippen molar-refractivity contribution in [3.8, 4) is 0 Å². The van der Waals surface area contributed by atoms with Crippen molar-refractivity contribution in [2.45, 2.75) is 136 Å². The van der Waals surface area contributed by atoms with Crippen LogP contribution in [0.1, 0.15) is 136 Å². The molecule has 1 nitrogen and oxygen atoms in total. The van der Waals surface area contributed by atoms with Gasteiger partial charge < -0.3 is 6.15 Å². The maximum atomic E-state index is 2.76. The fraction of sp³-hybridized carbons (Fsp3) is 1.00. The van der Waals surface area contributed by atoms with E-state index in [-0.39, 0.29) is 30.1 Å². The van der Waals surface area contributed by atoms with Crippen molar-refractivity contribution >= 4 is 31.2 Å². The van der Waals surface area contributed by atoms with Crippen LogP contribution in [-0.2, 0) is 0 Å². The summed E-state index contributed by atoms with van der Waals surface area (Å²) in [7, 11) is -0.955. The zero-order valence-electron chi connectivity index (χ0n) is 20.5. The Balaban J connectivity index is -0.00000312. The minimum Gasteiger partial charge on any atom is -0.344 e. The summed E-state index contributed by atoms with van der Waals surface area (Å²) in [5, 5.41) is 0. The fourth-order valence-corrected chi connectivity index (χ4v) is 8.43. The van der Waals surface area contributed by atoms with E-state index in [1.807, 2.05) is 0 Å². The normalized spacial score (nSPS) is 11.7. The molecular formula is C25H59INP. The van der Waals surface area contributed by atoms with Gasteiger partial charge in [0.25, 0.3) is 0 Å². The van der Waals surface area contributed by atoms with Gasteiger partial charge in [-0.05, 0) is 0 Å². The summed E-state index contributed by atoms with van der Waals surface area (Å²) in [6.45, 7) is 9.73. The number of halogens is 1. The van der Waals surface area contributed by atoms with Crippen molar-refractivity contribution in [2.75, 3.05) is 25.2 Å². The molecule has 176 valence electrons. The van der Waals surface area contributed by atoms with Gasteiger partial charge in [0, 0.05) is 0 Å². The molecule has 28 heavy (non-hydrogen) atoms. The molecule has 0 radical (unpaired) electrons. The predicted octanol–water partition coefficient (Wildman–Crippen LogP) is 10.2. The van der Waals surface area contributed by atoms with E-state index >= 15 is 0 Å². The summed E-state index contributed by atoms with van der Waals surface area (Å²) in [5.41, 5.74) is 0. The van der Waals surface area contributed by atoms with Crippen LogP contribution in [0.15, 0.2) is 0 Å². The van der Waals surface area contributed by atoms with Crippen molar-refractivity contribution in [3.05, 3.63) is 0 Å². The predicted molar refractivity (Wildman–Crippen MR) is 149 cm³/mol. The minimum absolute atomic E-state index is 0. The Morgan fingerprint density at radius 1 is 0.393 bits per heavy atom. The van der Waals surface area contributed by atoms with Gasteiger partial charge in [-0.1, -0.05) is 0 Å². The second-order valence-corrected chi connectivity index (χ2v) is 14.5. The van der Waals surface area contributed by atoms with Gasteiger partial charge >= 0.3 is 169 Å². The maximum Gasteiger partial charge on any atom is -0.107 e. The quantitative estimate of drug-likeness (QED) is 0.0892. The summed E-state index contributed by atoms with van der Waals surface area (Å²) in [6.07, 6.45) is 31.4. The second kappa shape index (κ2) is 26.2. The van der Waals surface area contributed by atoms with Crippen molar-refractivity contribution in [1.29, 1.82) is 0 Å². The molecule has 0 bridgehead atoms.